The molecule has 0 bridgehead atoms. The van der Waals surface area contributed by atoms with Gasteiger partial charge in [0.15, 0.2) is 0 Å². The van der Waals surface area contributed by atoms with Gasteiger partial charge in [-0.3, -0.25) is 4.79 Å². The van der Waals surface area contributed by atoms with Crippen LogP contribution in [-0.4, -0.2) is 24.7 Å². The zero-order valence-corrected chi connectivity index (χ0v) is 8.79. The Hall–Kier alpha value is -0.570. The Morgan fingerprint density at radius 2 is 2.14 bits per heavy atom. The summed E-state index contributed by atoms with van der Waals surface area (Å²) in [4.78, 5) is 10.9. The average Bonchev–Trinajstić information content (AvgIpc) is 2.18. The number of piperidine rings is 1. The Kier molecular flexibility index (Phi) is 3.06. The molecular formula is C11H19NO2. The second-order valence-corrected chi connectivity index (χ2v) is 4.45. The lowest BCUT2D eigenvalue weighted by Gasteiger charge is -2.41. The number of ether oxygens (including phenoxy) is 1. The minimum absolute atomic E-state index is 0.124. The molecule has 0 aromatic carbocycles. The van der Waals surface area contributed by atoms with E-state index in [1.807, 2.05) is 0 Å². The van der Waals surface area contributed by atoms with Crippen molar-refractivity contribution in [2.24, 2.45) is 5.92 Å². The number of hydrogen-bond donors (Lipinski definition) is 1. The summed E-state index contributed by atoms with van der Waals surface area (Å²) < 4.78 is 5.38. The van der Waals surface area contributed by atoms with Crippen LogP contribution in [-0.2, 0) is 9.53 Å². The van der Waals surface area contributed by atoms with Crippen molar-refractivity contribution in [2.45, 2.75) is 51.2 Å². The fourth-order valence-corrected chi connectivity index (χ4v) is 2.85. The summed E-state index contributed by atoms with van der Waals surface area (Å²) in [6, 6.07) is 0.599. The fraction of sp³-hybridized carbons (Fsp3) is 0.909. The topological polar surface area (TPSA) is 38.3 Å². The molecule has 1 saturated carbocycles. The molecule has 1 saturated heterocycles. The third-order valence-electron chi connectivity index (χ3n) is 3.44. The van der Waals surface area contributed by atoms with E-state index in [9.17, 15) is 4.79 Å². The van der Waals surface area contributed by atoms with Gasteiger partial charge in [-0.15, -0.1) is 0 Å². The number of esters is 1. The van der Waals surface area contributed by atoms with E-state index in [-0.39, 0.29) is 12.1 Å². The summed E-state index contributed by atoms with van der Waals surface area (Å²) in [7, 11) is 0. The molecule has 2 fully saturated rings. The summed E-state index contributed by atoms with van der Waals surface area (Å²) >= 11 is 0. The van der Waals surface area contributed by atoms with Gasteiger partial charge in [0, 0.05) is 18.9 Å². The molecule has 0 spiro atoms. The summed E-state index contributed by atoms with van der Waals surface area (Å²) in [5, 5.41) is 3.53. The van der Waals surface area contributed by atoms with E-state index in [4.69, 9.17) is 4.74 Å². The SMILES string of the molecule is CC(=O)OC1CCCC2NCCCC21. The highest BCUT2D eigenvalue weighted by Crippen LogP contribution is 2.32. The average molecular weight is 197 g/mol. The molecule has 2 rings (SSSR count). The van der Waals surface area contributed by atoms with Crippen molar-refractivity contribution in [1.29, 1.82) is 0 Å². The van der Waals surface area contributed by atoms with E-state index in [0.29, 0.717) is 12.0 Å². The number of hydrogen-bond acceptors (Lipinski definition) is 3. The zero-order valence-electron chi connectivity index (χ0n) is 8.79. The largest absolute Gasteiger partial charge is 0.462 e. The van der Waals surface area contributed by atoms with Crippen LogP contribution < -0.4 is 5.32 Å². The van der Waals surface area contributed by atoms with Gasteiger partial charge in [-0.25, -0.2) is 0 Å². The Balaban J connectivity index is 1.97. The molecule has 0 aromatic heterocycles. The molecule has 14 heavy (non-hydrogen) atoms. The van der Waals surface area contributed by atoms with Crippen LogP contribution in [0.5, 0.6) is 0 Å². The highest BCUT2D eigenvalue weighted by Gasteiger charge is 2.36. The first-order chi connectivity index (χ1) is 6.77. The smallest absolute Gasteiger partial charge is 0.302 e. The van der Waals surface area contributed by atoms with Crippen LogP contribution in [0, 0.1) is 5.92 Å². The van der Waals surface area contributed by atoms with Gasteiger partial charge in [-0.2, -0.15) is 0 Å². The maximum absolute atomic E-state index is 10.9. The number of carbonyl (C=O) groups is 1. The van der Waals surface area contributed by atoms with E-state index < -0.39 is 0 Å². The molecule has 2 aliphatic rings. The van der Waals surface area contributed by atoms with Crippen molar-refractivity contribution in [3.05, 3.63) is 0 Å². The van der Waals surface area contributed by atoms with Crippen molar-refractivity contribution >= 4 is 5.97 Å². The molecule has 0 amide bonds. The van der Waals surface area contributed by atoms with E-state index >= 15 is 0 Å². The summed E-state index contributed by atoms with van der Waals surface area (Å²) in [5.74, 6) is 0.447. The highest BCUT2D eigenvalue weighted by molar-refractivity contribution is 5.66. The molecule has 1 N–H and O–H groups in total. The summed E-state index contributed by atoms with van der Waals surface area (Å²) in [6.07, 6.45) is 6.12. The maximum Gasteiger partial charge on any atom is 0.302 e. The molecule has 0 radical (unpaired) electrons. The van der Waals surface area contributed by atoms with Crippen molar-refractivity contribution in [2.75, 3.05) is 6.54 Å². The van der Waals surface area contributed by atoms with E-state index in [1.165, 1.54) is 32.6 Å². The number of fused-ring (bicyclic) bond motifs is 1. The van der Waals surface area contributed by atoms with Gasteiger partial charge in [-0.05, 0) is 38.6 Å². The normalized spacial score (nSPS) is 37.4. The molecule has 1 aliphatic carbocycles. The standard InChI is InChI=1S/C11H19NO2/c1-8(13)14-11-6-2-5-10-9(11)4-3-7-12-10/h9-12H,2-7H2,1H3. The van der Waals surface area contributed by atoms with Crippen LogP contribution >= 0.6 is 0 Å². The lowest BCUT2D eigenvalue weighted by atomic mass is 9.77. The van der Waals surface area contributed by atoms with Crippen LogP contribution in [0.15, 0.2) is 0 Å². The van der Waals surface area contributed by atoms with Gasteiger partial charge in [-0.1, -0.05) is 0 Å². The molecule has 1 aliphatic heterocycles. The van der Waals surface area contributed by atoms with Gasteiger partial charge in [0.1, 0.15) is 6.10 Å². The predicted molar refractivity (Wildman–Crippen MR) is 53.9 cm³/mol. The minimum Gasteiger partial charge on any atom is -0.462 e. The van der Waals surface area contributed by atoms with Gasteiger partial charge in [0.2, 0.25) is 0 Å². The highest BCUT2D eigenvalue weighted by atomic mass is 16.5. The molecule has 3 heteroatoms. The monoisotopic (exact) mass is 197 g/mol. The Morgan fingerprint density at radius 1 is 1.29 bits per heavy atom. The zero-order chi connectivity index (χ0) is 9.97. The van der Waals surface area contributed by atoms with E-state index in [1.54, 1.807) is 0 Å². The van der Waals surface area contributed by atoms with Gasteiger partial charge in [0.25, 0.3) is 0 Å². The lowest BCUT2D eigenvalue weighted by molar-refractivity contribution is -0.152. The van der Waals surface area contributed by atoms with Crippen LogP contribution in [0.25, 0.3) is 0 Å². The molecule has 3 unspecified atom stereocenters. The number of nitrogens with one attached hydrogen (secondary N) is 1. The molecule has 0 aromatic rings. The predicted octanol–water partition coefficient (Wildman–Crippen LogP) is 1.47. The first-order valence-electron chi connectivity index (χ1n) is 5.68. The van der Waals surface area contributed by atoms with Crippen molar-refractivity contribution in [1.82, 2.24) is 5.32 Å². The van der Waals surface area contributed by atoms with Crippen molar-refractivity contribution in [3.63, 3.8) is 0 Å². The molecule has 3 atom stereocenters. The molecular weight excluding hydrogens is 178 g/mol. The fourth-order valence-electron chi connectivity index (χ4n) is 2.85. The van der Waals surface area contributed by atoms with Gasteiger partial charge in [0.05, 0.1) is 0 Å². The third-order valence-corrected chi connectivity index (χ3v) is 3.44. The van der Waals surface area contributed by atoms with E-state index in [2.05, 4.69) is 5.32 Å². The first-order valence-corrected chi connectivity index (χ1v) is 5.68. The number of carbonyl (C=O) groups excluding carboxylic acids is 1. The minimum atomic E-state index is -0.124. The summed E-state index contributed by atoms with van der Waals surface area (Å²) in [6.45, 7) is 2.65. The maximum atomic E-state index is 10.9. The quantitative estimate of drug-likeness (QED) is 0.647. The van der Waals surface area contributed by atoms with E-state index in [0.717, 1.165) is 13.0 Å². The van der Waals surface area contributed by atoms with Crippen molar-refractivity contribution < 1.29 is 9.53 Å². The van der Waals surface area contributed by atoms with Gasteiger partial charge >= 0.3 is 5.97 Å². The van der Waals surface area contributed by atoms with Crippen LogP contribution in [0.1, 0.15) is 39.0 Å². The molecule has 80 valence electrons. The van der Waals surface area contributed by atoms with Crippen LogP contribution in [0.4, 0.5) is 0 Å². The second-order valence-electron chi connectivity index (χ2n) is 4.45. The van der Waals surface area contributed by atoms with Crippen molar-refractivity contribution in [3.8, 4) is 0 Å². The van der Waals surface area contributed by atoms with Gasteiger partial charge < -0.3 is 10.1 Å². The van der Waals surface area contributed by atoms with Crippen LogP contribution in [0.2, 0.25) is 0 Å². The molecule has 1 heterocycles. The second kappa shape index (κ2) is 4.30. The first kappa shape index (κ1) is 9.97. The molecule has 3 nitrogen and oxygen atoms in total. The lowest BCUT2D eigenvalue weighted by Crippen LogP contribution is -2.49. The van der Waals surface area contributed by atoms with Crippen LogP contribution in [0.3, 0.4) is 0 Å². The Labute approximate surface area is 85.2 Å². The Morgan fingerprint density at radius 3 is 2.93 bits per heavy atom. The third kappa shape index (κ3) is 2.08. The number of rotatable bonds is 1. The Bertz CT molecular complexity index is 215. The summed E-state index contributed by atoms with van der Waals surface area (Å²) in [5.41, 5.74) is 0.